The Bertz CT molecular complexity index is 867. The molecule has 4 nitrogen and oxygen atoms in total. The third-order valence-corrected chi connectivity index (χ3v) is 6.79. The van der Waals surface area contributed by atoms with Crippen molar-refractivity contribution in [1.82, 2.24) is 14.8 Å². The molecule has 2 aliphatic rings. The summed E-state index contributed by atoms with van der Waals surface area (Å²) < 4.78 is -0.500. The number of fused-ring (bicyclic) bond motifs is 2. The Balaban J connectivity index is 1.86. The number of rotatable bonds is 3. The van der Waals surface area contributed by atoms with Crippen molar-refractivity contribution in [3.8, 4) is 0 Å². The highest BCUT2D eigenvalue weighted by molar-refractivity contribution is 14.1. The summed E-state index contributed by atoms with van der Waals surface area (Å²) in [5.41, 5.74) is 5.16. The molecule has 0 radical (unpaired) electrons. The number of benzene rings is 1. The number of nitrogens with one attached hydrogen (secondary N) is 1. The van der Waals surface area contributed by atoms with E-state index < -0.39 is 3.42 Å². The summed E-state index contributed by atoms with van der Waals surface area (Å²) in [5, 5.41) is 1.33. The molecule has 1 N–H and O–H groups in total. The number of hydrogen-bond acceptors (Lipinski definition) is 2. The molecule has 0 bridgehead atoms. The number of hydrogen-bond donors (Lipinski definition) is 1. The Morgan fingerprint density at radius 3 is 2.88 bits per heavy atom. The zero-order valence-corrected chi connectivity index (χ0v) is 17.1. The van der Waals surface area contributed by atoms with Crippen LogP contribution in [0.4, 0.5) is 0 Å². The minimum absolute atomic E-state index is 0.225. The Morgan fingerprint density at radius 2 is 2.16 bits per heavy atom. The number of carbonyl (C=O) groups excluding carboxylic acids is 1. The lowest BCUT2D eigenvalue weighted by Gasteiger charge is -2.44. The van der Waals surface area contributed by atoms with Gasteiger partial charge in [0.25, 0.3) is 0 Å². The molecule has 5 heteroatoms. The Kier molecular flexibility index (Phi) is 4.19. The molecular weight excluding hydrogens is 425 g/mol. The molecule has 0 fully saturated rings. The van der Waals surface area contributed by atoms with Crippen molar-refractivity contribution in [2.75, 3.05) is 26.7 Å². The summed E-state index contributed by atoms with van der Waals surface area (Å²) in [6, 6.07) is 6.79. The zero-order valence-electron chi connectivity index (χ0n) is 15.0. The molecule has 1 aliphatic carbocycles. The normalized spacial score (nSPS) is 25.6. The van der Waals surface area contributed by atoms with Gasteiger partial charge in [-0.25, -0.2) is 0 Å². The highest BCUT2D eigenvalue weighted by Crippen LogP contribution is 2.44. The van der Waals surface area contributed by atoms with Crippen molar-refractivity contribution in [3.63, 3.8) is 0 Å². The monoisotopic (exact) mass is 449 g/mol. The summed E-state index contributed by atoms with van der Waals surface area (Å²) in [6.45, 7) is 6.38. The van der Waals surface area contributed by atoms with Crippen molar-refractivity contribution < 1.29 is 4.79 Å². The maximum absolute atomic E-state index is 13.2. The van der Waals surface area contributed by atoms with Gasteiger partial charge in [-0.3, -0.25) is 9.69 Å². The molecule has 1 aliphatic heterocycles. The van der Waals surface area contributed by atoms with Crippen LogP contribution in [-0.4, -0.2) is 56.8 Å². The quantitative estimate of drug-likeness (QED) is 0.576. The van der Waals surface area contributed by atoms with Crippen LogP contribution >= 0.6 is 22.6 Å². The molecule has 1 aromatic heterocycles. The van der Waals surface area contributed by atoms with Gasteiger partial charge in [-0.05, 0) is 50.1 Å². The van der Waals surface area contributed by atoms with Gasteiger partial charge in [-0.1, -0.05) is 40.8 Å². The lowest BCUT2D eigenvalue weighted by Crippen LogP contribution is -2.55. The molecule has 0 spiro atoms. The van der Waals surface area contributed by atoms with E-state index in [9.17, 15) is 4.79 Å². The van der Waals surface area contributed by atoms with Crippen molar-refractivity contribution >= 4 is 45.0 Å². The van der Waals surface area contributed by atoms with E-state index in [4.69, 9.17) is 0 Å². The highest BCUT2D eigenvalue weighted by atomic mass is 127. The average molecular weight is 449 g/mol. The van der Waals surface area contributed by atoms with Crippen molar-refractivity contribution in [1.29, 1.82) is 0 Å². The summed E-state index contributed by atoms with van der Waals surface area (Å²) >= 11 is 2.37. The first-order valence-electron chi connectivity index (χ1n) is 8.99. The van der Waals surface area contributed by atoms with Crippen molar-refractivity contribution in [3.05, 3.63) is 41.6 Å². The standard InChI is InChI=1S/C20H24IN3O/c1-4-24(5-2)19(25)20(21)10-15-14-7-6-8-16-18(14)13(11-22-16)9-17(15)23(3)12-20/h6-8,10-11,17,22H,4-5,9,12H2,1-3H3/t17-,20+/m1/s1. The molecule has 2 aromatic rings. The number of carbonyl (C=O) groups is 1. The van der Waals surface area contributed by atoms with Crippen LogP contribution < -0.4 is 0 Å². The minimum atomic E-state index is -0.500. The molecular formula is C20H24IN3O. The Labute approximate surface area is 162 Å². The topological polar surface area (TPSA) is 39.3 Å². The Hall–Kier alpha value is -1.34. The second kappa shape index (κ2) is 6.13. The summed E-state index contributed by atoms with van der Waals surface area (Å²) in [4.78, 5) is 20.9. The molecule has 1 amide bonds. The number of amides is 1. The van der Waals surface area contributed by atoms with Gasteiger partial charge in [0.05, 0.1) is 0 Å². The van der Waals surface area contributed by atoms with Crippen LogP contribution in [0.5, 0.6) is 0 Å². The molecule has 2 heterocycles. The van der Waals surface area contributed by atoms with Gasteiger partial charge in [0.1, 0.15) is 3.42 Å². The van der Waals surface area contributed by atoms with E-state index in [0.29, 0.717) is 6.04 Å². The highest BCUT2D eigenvalue weighted by Gasteiger charge is 2.44. The lowest BCUT2D eigenvalue weighted by atomic mass is 9.79. The van der Waals surface area contributed by atoms with Gasteiger partial charge in [-0.15, -0.1) is 0 Å². The first-order chi connectivity index (χ1) is 12.0. The largest absolute Gasteiger partial charge is 0.361 e. The summed E-state index contributed by atoms with van der Waals surface area (Å²) in [7, 11) is 2.15. The van der Waals surface area contributed by atoms with E-state index in [1.165, 1.54) is 27.6 Å². The first-order valence-corrected chi connectivity index (χ1v) is 10.1. The number of alkyl halides is 1. The molecule has 0 unspecified atom stereocenters. The average Bonchev–Trinajstić information content (AvgIpc) is 3.02. The molecule has 1 aromatic carbocycles. The first kappa shape index (κ1) is 17.1. The molecule has 0 saturated carbocycles. The number of likely N-dealkylation sites (N-methyl/N-ethyl adjacent to an activating group) is 1. The SMILES string of the molecule is CCN(CC)C(=O)[C@]1(I)C=C2c3cccc4[nH]cc(c34)C[C@H]2N(C)C1. The van der Waals surface area contributed by atoms with Gasteiger partial charge >= 0.3 is 0 Å². The molecule has 25 heavy (non-hydrogen) atoms. The van der Waals surface area contributed by atoms with Crippen LogP contribution in [0.1, 0.15) is 25.0 Å². The smallest absolute Gasteiger partial charge is 0.243 e. The third kappa shape index (κ3) is 2.54. The Morgan fingerprint density at radius 1 is 1.40 bits per heavy atom. The second-order valence-corrected chi connectivity index (χ2v) is 9.04. The number of H-pyrrole nitrogens is 1. The number of nitrogens with zero attached hydrogens (tertiary/aromatic N) is 2. The molecule has 0 saturated heterocycles. The fourth-order valence-corrected chi connectivity index (χ4v) is 5.61. The van der Waals surface area contributed by atoms with Crippen molar-refractivity contribution in [2.45, 2.75) is 29.7 Å². The van der Waals surface area contributed by atoms with Crippen LogP contribution in [0.3, 0.4) is 0 Å². The zero-order chi connectivity index (χ0) is 17.8. The third-order valence-electron chi connectivity index (χ3n) is 5.67. The van der Waals surface area contributed by atoms with Crippen LogP contribution in [0.25, 0.3) is 16.5 Å². The molecule has 132 valence electrons. The number of aromatic amines is 1. The number of aromatic nitrogens is 1. The van der Waals surface area contributed by atoms with E-state index in [1.807, 2.05) is 4.90 Å². The van der Waals surface area contributed by atoms with E-state index in [0.717, 1.165) is 26.1 Å². The summed E-state index contributed by atoms with van der Waals surface area (Å²) in [6.07, 6.45) is 5.40. The fraction of sp³-hybridized carbons (Fsp3) is 0.450. The van der Waals surface area contributed by atoms with Crippen LogP contribution in [0, 0.1) is 0 Å². The molecule has 2 atom stereocenters. The van der Waals surface area contributed by atoms with E-state index in [1.54, 1.807) is 0 Å². The second-order valence-electron chi connectivity index (χ2n) is 7.12. The summed E-state index contributed by atoms with van der Waals surface area (Å²) in [5.74, 6) is 0.225. The van der Waals surface area contributed by atoms with E-state index in [2.05, 4.69) is 83.8 Å². The maximum atomic E-state index is 13.2. The van der Waals surface area contributed by atoms with Gasteiger partial charge in [0.15, 0.2) is 0 Å². The fourth-order valence-electron chi connectivity index (χ4n) is 4.39. The van der Waals surface area contributed by atoms with Crippen LogP contribution in [-0.2, 0) is 11.2 Å². The van der Waals surface area contributed by atoms with Crippen LogP contribution in [0.15, 0.2) is 30.5 Å². The van der Waals surface area contributed by atoms with E-state index in [-0.39, 0.29) is 5.91 Å². The molecule has 4 rings (SSSR count). The lowest BCUT2D eigenvalue weighted by molar-refractivity contribution is -0.132. The van der Waals surface area contributed by atoms with Crippen molar-refractivity contribution in [2.24, 2.45) is 0 Å². The minimum Gasteiger partial charge on any atom is -0.361 e. The number of halogens is 1. The van der Waals surface area contributed by atoms with E-state index >= 15 is 0 Å². The van der Waals surface area contributed by atoms with Gasteiger partial charge < -0.3 is 9.88 Å². The predicted molar refractivity (Wildman–Crippen MR) is 111 cm³/mol. The maximum Gasteiger partial charge on any atom is 0.243 e. The predicted octanol–water partition coefficient (Wildman–Crippen LogP) is 3.46. The van der Waals surface area contributed by atoms with Gasteiger partial charge in [-0.2, -0.15) is 0 Å². The van der Waals surface area contributed by atoms with Gasteiger partial charge in [0, 0.05) is 42.8 Å². The van der Waals surface area contributed by atoms with Crippen LogP contribution in [0.2, 0.25) is 0 Å². The van der Waals surface area contributed by atoms with Gasteiger partial charge in [0.2, 0.25) is 5.91 Å².